The number of amides is 19. The molecule has 0 radical (unpaired) electrons. The first-order valence-electron chi connectivity index (χ1n) is 31.5. The molecular weight excluding hydrogens is 1580 g/mol. The largest absolute Gasteiger partial charge is 0.481 e. The van der Waals surface area contributed by atoms with Crippen molar-refractivity contribution in [2.75, 3.05) is 74.4 Å². The van der Waals surface area contributed by atoms with Gasteiger partial charge in [-0.15, -0.1) is 0 Å². The Morgan fingerprint density at radius 3 is 1.41 bits per heavy atom. The lowest BCUT2D eigenvalue weighted by molar-refractivity contribution is -0.218. The first-order chi connectivity index (χ1) is 52.2. The molecule has 8 aliphatic rings. The number of barbiturate groups is 2. The topological polar surface area (TPSA) is 641 Å². The van der Waals surface area contributed by atoms with Gasteiger partial charge in [0.25, 0.3) is 17.7 Å². The molecule has 6 fully saturated rings. The molecule has 10 N–H and O–H groups in total. The molecule has 2 aromatic rings. The number of imide groups is 7. The van der Waals surface area contributed by atoms with E-state index in [-0.39, 0.29) is 84.6 Å². The number of aromatic nitrogens is 1. The number of anilines is 2. The Kier molecular flexibility index (Phi) is 36.0. The third-order valence-electron chi connectivity index (χ3n) is 14.3. The maximum absolute atomic E-state index is 11.9. The number of thioether (sulfide) groups is 2. The summed E-state index contributed by atoms with van der Waals surface area (Å²) >= 11 is 12.2. The smallest absolute Gasteiger partial charge is 0.352 e. The number of carboxylic acids is 7. The summed E-state index contributed by atoms with van der Waals surface area (Å²) in [4.78, 5) is 253. The lowest BCUT2D eigenvalue weighted by atomic mass is 9.88. The number of rotatable bonds is 20. The molecule has 112 heavy (non-hydrogen) atoms. The van der Waals surface area contributed by atoms with E-state index in [4.69, 9.17) is 65.4 Å². The van der Waals surface area contributed by atoms with E-state index in [1.807, 2.05) is 26.1 Å². The van der Waals surface area contributed by atoms with E-state index in [1.165, 1.54) is 71.9 Å². The van der Waals surface area contributed by atoms with Crippen molar-refractivity contribution in [2.45, 2.75) is 79.1 Å². The molecule has 0 bridgehead atoms. The fourth-order valence-electron chi connectivity index (χ4n) is 8.69. The second-order valence-electron chi connectivity index (χ2n) is 23.5. The highest BCUT2D eigenvalue weighted by Crippen LogP contribution is 2.29. The summed E-state index contributed by atoms with van der Waals surface area (Å²) in [6.45, 7) is 8.54. The first-order valence-corrected chi connectivity index (χ1v) is 34.3. The van der Waals surface area contributed by atoms with Crippen LogP contribution in [0.15, 0.2) is 71.5 Å². The Labute approximate surface area is 649 Å². The molecule has 0 spiro atoms. The number of benzene rings is 1. The van der Waals surface area contributed by atoms with Gasteiger partial charge in [-0.05, 0) is 49.4 Å². The summed E-state index contributed by atoms with van der Waals surface area (Å²) in [5.41, 5.74) is 1.85. The maximum atomic E-state index is 11.9. The zero-order valence-electron chi connectivity index (χ0n) is 59.3. The maximum Gasteiger partial charge on any atom is 0.352 e. The zero-order valence-corrected chi connectivity index (χ0v) is 62.5. The molecule has 9 heterocycles. The molecule has 8 aliphatic heterocycles. The normalized spacial score (nSPS) is 16.5. The van der Waals surface area contributed by atoms with Crippen LogP contribution < -0.4 is 20.7 Å². The van der Waals surface area contributed by atoms with Crippen molar-refractivity contribution in [2.24, 2.45) is 15.6 Å². The third-order valence-corrected chi connectivity index (χ3v) is 17.1. The van der Waals surface area contributed by atoms with Crippen molar-refractivity contribution in [3.63, 3.8) is 0 Å². The van der Waals surface area contributed by atoms with Crippen molar-refractivity contribution in [1.82, 2.24) is 54.8 Å². The minimum absolute atomic E-state index is 0.0135. The molecule has 602 valence electrons. The average molecular weight is 1650 g/mol. The van der Waals surface area contributed by atoms with Gasteiger partial charge in [0, 0.05) is 57.8 Å². The van der Waals surface area contributed by atoms with Gasteiger partial charge in [0.2, 0.25) is 53.1 Å². The van der Waals surface area contributed by atoms with E-state index >= 15 is 0 Å². The van der Waals surface area contributed by atoms with E-state index < -0.39 is 147 Å². The summed E-state index contributed by atoms with van der Waals surface area (Å²) in [6, 6.07) is 6.15. The van der Waals surface area contributed by atoms with Crippen molar-refractivity contribution in [1.29, 1.82) is 0 Å². The van der Waals surface area contributed by atoms with E-state index in [2.05, 4.69) is 32.0 Å². The number of nitrogens with zero attached hydrogens (tertiary/aromatic N) is 13. The van der Waals surface area contributed by atoms with Gasteiger partial charge in [-0.25, -0.2) is 43.9 Å². The van der Waals surface area contributed by atoms with Gasteiger partial charge in [0.15, 0.2) is 5.71 Å². The quantitative estimate of drug-likeness (QED) is 0.0208. The number of hydrogen-bond donors (Lipinski definition) is 10. The number of nitrogens with one attached hydrogen (secondary N) is 2. The number of aromatic carboxylic acids is 1. The second-order valence-corrected chi connectivity index (χ2v) is 26.7. The highest BCUT2D eigenvalue weighted by molar-refractivity contribution is 8.24. The Morgan fingerprint density at radius 1 is 0.536 bits per heavy atom. The van der Waals surface area contributed by atoms with Crippen LogP contribution in [0.25, 0.3) is 0 Å². The number of aliphatic carboxylic acids is 6. The zero-order chi connectivity index (χ0) is 84.9. The highest BCUT2D eigenvalue weighted by Gasteiger charge is 2.42. The lowest BCUT2D eigenvalue weighted by Gasteiger charge is -2.32. The molecule has 1 aromatic carbocycles. The van der Waals surface area contributed by atoms with Gasteiger partial charge >= 0.3 is 65.9 Å². The fraction of sp³-hybridized carbons (Fsp3) is 0.371. The van der Waals surface area contributed by atoms with E-state index in [1.54, 1.807) is 24.3 Å². The average Bonchev–Trinajstić information content (AvgIpc) is 1.74. The van der Waals surface area contributed by atoms with Gasteiger partial charge in [-0.3, -0.25) is 121 Å². The predicted octanol–water partition coefficient (Wildman–Crippen LogP) is 0.00740. The van der Waals surface area contributed by atoms with E-state index in [0.717, 1.165) is 25.4 Å². The van der Waals surface area contributed by atoms with Crippen LogP contribution in [-0.4, -0.2) is 301 Å². The molecule has 0 saturated carbocycles. The molecule has 19 amide bonds. The number of hydrazone groups is 2. The minimum atomic E-state index is -1.31. The van der Waals surface area contributed by atoms with Crippen LogP contribution >= 0.6 is 48.0 Å². The molecule has 10 rings (SSSR count). The number of pyridine rings is 1. The van der Waals surface area contributed by atoms with Crippen LogP contribution in [-0.2, 0) is 86.4 Å². The first kappa shape index (κ1) is 93.2. The molecule has 0 aliphatic carbocycles. The Hall–Kier alpha value is -13.0. The standard InChI is InChI=1S/C14H16N2O3.C10H12N2O7.C9H7N3O3.C7H8N2O6.C7H8N2O5.C7H9NO3S2.C5H5NO2S2.C3H4N2O2/c1-14(2,3)11-8-12(17)16(15-11)10-6-4-9(5-7-10)13(18)19;13-6-5-7(14)12(4-2-9(17)18)10(19)11(6)3-1-8(15)16;13-8-5-7(9(14)15)11-12(8)6-1-3-10-4-2-6;1-4(15-14)8-2-5(10)9(7(8)13)3-6(11)12;1-8-4(10)2-5(11)9(7(8)14)3-6(12)13;9-5-4-13-7(12)8(5)3-1-2-6(10)11;1-3(7)6-4(8)2-10-5(6)9;6-2-1-4-3(7)5-2/h4-7H,8H2,1-3H3,(H,18,19);1-5H2,(H,15,16)(H,17,18);1-4H,5H2,(H,14,15);14H,1-3H2,(H,11,12);2-3H2,1H3,(H,12,13);1-4H2,(H,10,11);2H2,1H3;1H2,(H2,4,5,6,7). The summed E-state index contributed by atoms with van der Waals surface area (Å²) < 4.78 is 0.938. The summed E-state index contributed by atoms with van der Waals surface area (Å²) in [5, 5.41) is 82.7. The summed E-state index contributed by atoms with van der Waals surface area (Å²) in [6.07, 6.45) is 1.81. The van der Waals surface area contributed by atoms with E-state index in [9.17, 15) is 105 Å². The number of hydrogen-bond acceptors (Lipinski definition) is 31. The van der Waals surface area contributed by atoms with Crippen LogP contribution in [0.3, 0.4) is 0 Å². The molecule has 46 nitrogen and oxygen atoms in total. The van der Waals surface area contributed by atoms with Gasteiger partial charge in [-0.1, -0.05) is 68.7 Å². The summed E-state index contributed by atoms with van der Waals surface area (Å²) in [7, 11) is 1.20. The molecular formula is C62H69N15O31S4. The Bertz CT molecular complexity index is 4160. The SMILES string of the molecule is C=C(OO)N1CC(=O)N(CC(=O)O)C1=O.CC(=O)N1C(=O)CSC1=S.CC(C)(C)C1=NN(c2ccc(C(=O)O)cc2)C(=O)C1.CN1C(=O)CC(=O)N(CC(=O)O)C1=O.O=C(O)C1=NN(c2ccncc2)C(=O)C1.O=C(O)CCCN1C(=O)CSC1=S.O=C(O)CCN1C(=O)CC(=O)N(CCC(=O)O)C1=O.O=C1CNC(=O)N1. The molecule has 0 atom stereocenters. The fourth-order valence-corrected chi connectivity index (χ4v) is 11.0. The van der Waals surface area contributed by atoms with Crippen molar-refractivity contribution < 1.29 is 151 Å². The number of urea groups is 4. The molecule has 1 aromatic heterocycles. The van der Waals surface area contributed by atoms with Crippen LogP contribution in [0.2, 0.25) is 0 Å². The van der Waals surface area contributed by atoms with Crippen LogP contribution in [0.1, 0.15) is 89.4 Å². The summed E-state index contributed by atoms with van der Waals surface area (Å²) in [5.74, 6) is -12.6. The van der Waals surface area contributed by atoms with E-state index in [0.29, 0.717) is 70.5 Å². The number of carbonyl (C=O) groups is 22. The van der Waals surface area contributed by atoms with Gasteiger partial charge in [0.05, 0.1) is 66.4 Å². The Morgan fingerprint density at radius 2 is 1.02 bits per heavy atom. The number of thiocarbonyl (C=S) groups is 2. The molecule has 50 heteroatoms. The number of carbonyl (C=O) groups excluding carboxylic acids is 15. The number of carboxylic acid groups (broad SMARTS) is 7. The van der Waals surface area contributed by atoms with Gasteiger partial charge < -0.3 is 46.0 Å². The van der Waals surface area contributed by atoms with Gasteiger partial charge in [-0.2, -0.15) is 15.2 Å². The van der Waals surface area contributed by atoms with Crippen molar-refractivity contribution >= 4 is 210 Å². The monoisotopic (exact) mass is 1650 g/mol. The predicted molar refractivity (Wildman–Crippen MR) is 386 cm³/mol. The minimum Gasteiger partial charge on any atom is -0.481 e. The van der Waals surface area contributed by atoms with Crippen molar-refractivity contribution in [3.05, 3.63) is 66.8 Å². The highest BCUT2D eigenvalue weighted by atomic mass is 32.2. The lowest BCUT2D eigenvalue weighted by Crippen LogP contribution is -2.55. The Balaban J connectivity index is 0.000000336. The van der Waals surface area contributed by atoms with Crippen LogP contribution in [0.4, 0.5) is 30.6 Å². The molecule has 6 saturated heterocycles. The molecule has 0 unspecified atom stereocenters. The van der Waals surface area contributed by atoms with Crippen LogP contribution in [0, 0.1) is 5.41 Å². The van der Waals surface area contributed by atoms with Gasteiger partial charge in [0.1, 0.15) is 41.1 Å². The third kappa shape index (κ3) is 28.9. The van der Waals surface area contributed by atoms with Crippen molar-refractivity contribution in [3.8, 4) is 0 Å². The second kappa shape index (κ2) is 43.3. The van der Waals surface area contributed by atoms with Crippen LogP contribution in [0.5, 0.6) is 0 Å².